The minimum absolute atomic E-state index is 0.987. The van der Waals surface area contributed by atoms with Gasteiger partial charge in [-0.1, -0.05) is 13.0 Å². The van der Waals surface area contributed by atoms with Gasteiger partial charge in [-0.25, -0.2) is 4.98 Å². The fourth-order valence-corrected chi connectivity index (χ4v) is 2.11. The molecular weight excluding hydrogens is 210 g/mol. The molecule has 0 amide bonds. The molecule has 2 rings (SSSR count). The maximum absolute atomic E-state index is 4.71. The topological polar surface area (TPSA) is 21.1 Å². The minimum Gasteiger partial charge on any atom is -0.327 e. The summed E-state index contributed by atoms with van der Waals surface area (Å²) in [5, 5.41) is 0. The highest BCUT2D eigenvalue weighted by Crippen LogP contribution is 2.18. The van der Waals surface area contributed by atoms with Gasteiger partial charge in [0.25, 0.3) is 0 Å². The van der Waals surface area contributed by atoms with Crippen molar-refractivity contribution < 1.29 is 0 Å². The van der Waals surface area contributed by atoms with Crippen LogP contribution in [0, 0.1) is 6.92 Å². The number of aromatic nitrogens is 2. The number of likely N-dealkylation sites (N-methyl/N-ethyl adjacent to an activating group) is 1. The third-order valence-corrected chi connectivity index (χ3v) is 3.07. The molecular formula is C14H21N3. The molecule has 1 aromatic carbocycles. The molecule has 3 heteroatoms. The van der Waals surface area contributed by atoms with Gasteiger partial charge in [-0.15, -0.1) is 0 Å². The summed E-state index contributed by atoms with van der Waals surface area (Å²) in [5.74, 6) is 1.19. The Labute approximate surface area is 103 Å². The minimum atomic E-state index is 0.987. The van der Waals surface area contributed by atoms with Crippen LogP contribution in [0.2, 0.25) is 0 Å². The molecule has 17 heavy (non-hydrogen) atoms. The number of aryl methyl sites for hydroxylation is 2. The number of rotatable bonds is 4. The summed E-state index contributed by atoms with van der Waals surface area (Å²) in [4.78, 5) is 6.92. The van der Waals surface area contributed by atoms with Crippen LogP contribution < -0.4 is 0 Å². The van der Waals surface area contributed by atoms with Crippen molar-refractivity contribution >= 4 is 11.0 Å². The molecule has 2 aromatic rings. The summed E-state index contributed by atoms with van der Waals surface area (Å²) < 4.78 is 2.34. The van der Waals surface area contributed by atoms with Crippen LogP contribution >= 0.6 is 0 Å². The highest BCUT2D eigenvalue weighted by atomic mass is 15.1. The first-order valence-electron chi connectivity index (χ1n) is 6.22. The van der Waals surface area contributed by atoms with Gasteiger partial charge in [-0.2, -0.15) is 0 Å². The lowest BCUT2D eigenvalue weighted by Gasteiger charge is -2.12. The molecule has 3 nitrogen and oxygen atoms in total. The van der Waals surface area contributed by atoms with E-state index in [4.69, 9.17) is 4.98 Å². The number of hydrogen-bond acceptors (Lipinski definition) is 2. The average Bonchev–Trinajstić information content (AvgIpc) is 2.63. The molecule has 0 bridgehead atoms. The van der Waals surface area contributed by atoms with Crippen LogP contribution in [0.15, 0.2) is 18.2 Å². The van der Waals surface area contributed by atoms with Gasteiger partial charge in [0.1, 0.15) is 5.82 Å². The third kappa shape index (κ3) is 2.50. The van der Waals surface area contributed by atoms with Gasteiger partial charge in [-0.3, -0.25) is 0 Å². The lowest BCUT2D eigenvalue weighted by atomic mass is 10.2. The monoisotopic (exact) mass is 231 g/mol. The Morgan fingerprint density at radius 1 is 1.29 bits per heavy atom. The molecule has 0 fully saturated rings. The molecule has 1 aromatic heterocycles. The fourth-order valence-electron chi connectivity index (χ4n) is 2.11. The molecule has 0 radical (unpaired) electrons. The van der Waals surface area contributed by atoms with E-state index in [-0.39, 0.29) is 0 Å². The Balaban J connectivity index is 2.43. The molecule has 0 aliphatic rings. The summed E-state index contributed by atoms with van der Waals surface area (Å²) in [5.41, 5.74) is 3.66. The van der Waals surface area contributed by atoms with E-state index in [1.807, 2.05) is 0 Å². The number of hydrogen-bond donors (Lipinski definition) is 0. The highest BCUT2D eigenvalue weighted by molar-refractivity contribution is 5.76. The molecule has 0 atom stereocenters. The van der Waals surface area contributed by atoms with Crippen molar-refractivity contribution in [2.24, 2.45) is 0 Å². The first-order chi connectivity index (χ1) is 8.11. The van der Waals surface area contributed by atoms with Crippen molar-refractivity contribution in [1.29, 1.82) is 0 Å². The van der Waals surface area contributed by atoms with E-state index in [0.717, 1.165) is 25.0 Å². The van der Waals surface area contributed by atoms with E-state index in [2.05, 4.69) is 55.6 Å². The largest absolute Gasteiger partial charge is 0.327 e. The van der Waals surface area contributed by atoms with Crippen molar-refractivity contribution in [2.75, 3.05) is 20.6 Å². The van der Waals surface area contributed by atoms with Crippen LogP contribution in [0.1, 0.15) is 18.3 Å². The van der Waals surface area contributed by atoms with Gasteiger partial charge < -0.3 is 9.47 Å². The van der Waals surface area contributed by atoms with Crippen molar-refractivity contribution in [1.82, 2.24) is 14.5 Å². The van der Waals surface area contributed by atoms with Gasteiger partial charge in [0.2, 0.25) is 0 Å². The van der Waals surface area contributed by atoms with Crippen LogP contribution in [0.4, 0.5) is 0 Å². The van der Waals surface area contributed by atoms with E-state index in [1.54, 1.807) is 0 Å². The maximum atomic E-state index is 4.71. The maximum Gasteiger partial charge on any atom is 0.109 e. The molecule has 0 spiro atoms. The Morgan fingerprint density at radius 3 is 2.71 bits per heavy atom. The normalized spacial score (nSPS) is 11.6. The molecule has 0 aliphatic carbocycles. The van der Waals surface area contributed by atoms with Gasteiger partial charge in [0, 0.05) is 19.5 Å². The zero-order chi connectivity index (χ0) is 12.4. The third-order valence-electron chi connectivity index (χ3n) is 3.07. The summed E-state index contributed by atoms with van der Waals surface area (Å²) in [6.45, 7) is 6.34. The predicted molar refractivity (Wildman–Crippen MR) is 72.4 cm³/mol. The number of fused-ring (bicyclic) bond motifs is 1. The summed E-state index contributed by atoms with van der Waals surface area (Å²) in [7, 11) is 4.21. The van der Waals surface area contributed by atoms with Crippen molar-refractivity contribution in [3.63, 3.8) is 0 Å². The standard InChI is InChI=1S/C14H21N3/c1-5-14-15-12-10-11(2)6-7-13(12)17(14)9-8-16(3)4/h6-7,10H,5,8-9H2,1-4H3. The summed E-state index contributed by atoms with van der Waals surface area (Å²) in [6.07, 6.45) is 0.987. The average molecular weight is 231 g/mol. The van der Waals surface area contributed by atoms with Crippen molar-refractivity contribution in [2.45, 2.75) is 26.8 Å². The predicted octanol–water partition coefficient (Wildman–Crippen LogP) is 2.47. The van der Waals surface area contributed by atoms with Gasteiger partial charge >= 0.3 is 0 Å². The van der Waals surface area contributed by atoms with E-state index < -0.39 is 0 Å². The first kappa shape index (κ1) is 12.1. The Hall–Kier alpha value is -1.35. The van der Waals surface area contributed by atoms with Gasteiger partial charge in [0.15, 0.2) is 0 Å². The second-order valence-electron chi connectivity index (χ2n) is 4.83. The second-order valence-corrected chi connectivity index (χ2v) is 4.83. The highest BCUT2D eigenvalue weighted by Gasteiger charge is 2.09. The molecule has 1 heterocycles. The zero-order valence-corrected chi connectivity index (χ0v) is 11.2. The Kier molecular flexibility index (Phi) is 3.48. The van der Waals surface area contributed by atoms with Crippen LogP contribution in [0.25, 0.3) is 11.0 Å². The van der Waals surface area contributed by atoms with E-state index in [0.29, 0.717) is 0 Å². The van der Waals surface area contributed by atoms with E-state index >= 15 is 0 Å². The lowest BCUT2D eigenvalue weighted by molar-refractivity contribution is 0.383. The number of benzene rings is 1. The Bertz CT molecular complexity index is 511. The number of imidazole rings is 1. The fraction of sp³-hybridized carbons (Fsp3) is 0.500. The molecule has 0 saturated carbocycles. The van der Waals surface area contributed by atoms with Gasteiger partial charge in [0.05, 0.1) is 11.0 Å². The SMILES string of the molecule is CCc1nc2cc(C)ccc2n1CCN(C)C. The van der Waals surface area contributed by atoms with Crippen molar-refractivity contribution in [3.8, 4) is 0 Å². The molecule has 0 N–H and O–H groups in total. The summed E-state index contributed by atoms with van der Waals surface area (Å²) >= 11 is 0. The molecule has 92 valence electrons. The van der Waals surface area contributed by atoms with Crippen LogP contribution in [-0.2, 0) is 13.0 Å². The van der Waals surface area contributed by atoms with Crippen LogP contribution in [0.3, 0.4) is 0 Å². The van der Waals surface area contributed by atoms with Crippen molar-refractivity contribution in [3.05, 3.63) is 29.6 Å². The molecule has 0 aliphatic heterocycles. The second kappa shape index (κ2) is 4.88. The van der Waals surface area contributed by atoms with Crippen LogP contribution in [-0.4, -0.2) is 35.1 Å². The quantitative estimate of drug-likeness (QED) is 0.806. The summed E-state index contributed by atoms with van der Waals surface area (Å²) in [6, 6.07) is 6.52. The molecule has 0 unspecified atom stereocenters. The van der Waals surface area contributed by atoms with Crippen LogP contribution in [0.5, 0.6) is 0 Å². The molecule has 0 saturated heterocycles. The first-order valence-corrected chi connectivity index (χ1v) is 6.22. The van der Waals surface area contributed by atoms with E-state index in [9.17, 15) is 0 Å². The number of nitrogens with zero attached hydrogens (tertiary/aromatic N) is 3. The lowest BCUT2D eigenvalue weighted by Crippen LogP contribution is -2.19. The van der Waals surface area contributed by atoms with Gasteiger partial charge in [-0.05, 0) is 38.7 Å². The van der Waals surface area contributed by atoms with E-state index in [1.165, 1.54) is 16.9 Å². The Morgan fingerprint density at radius 2 is 2.06 bits per heavy atom. The zero-order valence-electron chi connectivity index (χ0n) is 11.2. The smallest absolute Gasteiger partial charge is 0.109 e.